The molecule has 2 rings (SSSR count). The Morgan fingerprint density at radius 1 is 1.43 bits per heavy atom. The summed E-state index contributed by atoms with van der Waals surface area (Å²) in [6, 6.07) is 6.55. The van der Waals surface area contributed by atoms with Crippen LogP contribution < -0.4 is 10.8 Å². The molecular formula is C9H11ClN2O2. The third-order valence-corrected chi connectivity index (χ3v) is 2.19. The summed E-state index contributed by atoms with van der Waals surface area (Å²) in [4.78, 5) is 11.2. The molecule has 0 saturated carbocycles. The summed E-state index contributed by atoms with van der Waals surface area (Å²) in [7, 11) is 0. The maximum atomic E-state index is 11.2. The second kappa shape index (κ2) is 3.96. The van der Waals surface area contributed by atoms with Gasteiger partial charge in [-0.05, 0) is 18.1 Å². The molecule has 1 aliphatic heterocycles. The molecule has 1 amide bonds. The van der Waals surface area contributed by atoms with Crippen molar-refractivity contribution < 1.29 is 10.0 Å². The van der Waals surface area contributed by atoms with Gasteiger partial charge in [0.2, 0.25) is 0 Å². The summed E-state index contributed by atoms with van der Waals surface area (Å²) in [5, 5.41) is 10.0. The molecule has 1 atom stereocenters. The summed E-state index contributed by atoms with van der Waals surface area (Å²) in [5.74, 6) is -0.446. The zero-order valence-electron chi connectivity index (χ0n) is 7.38. The normalized spacial score (nSPS) is 20.0. The van der Waals surface area contributed by atoms with Crippen molar-refractivity contribution >= 4 is 24.0 Å². The van der Waals surface area contributed by atoms with Gasteiger partial charge in [-0.15, -0.1) is 12.4 Å². The van der Waals surface area contributed by atoms with E-state index in [1.807, 2.05) is 12.1 Å². The van der Waals surface area contributed by atoms with E-state index >= 15 is 0 Å². The molecule has 0 radical (unpaired) electrons. The Bertz CT molecular complexity index is 356. The molecule has 1 aliphatic rings. The summed E-state index contributed by atoms with van der Waals surface area (Å²) >= 11 is 0. The number of halogens is 1. The molecule has 0 aliphatic carbocycles. The number of benzene rings is 1. The van der Waals surface area contributed by atoms with Crippen molar-refractivity contribution in [3.63, 3.8) is 0 Å². The highest BCUT2D eigenvalue weighted by Crippen LogP contribution is 2.25. The van der Waals surface area contributed by atoms with Gasteiger partial charge in [-0.1, -0.05) is 18.2 Å². The summed E-state index contributed by atoms with van der Waals surface area (Å²) in [5.41, 5.74) is 6.97. The van der Waals surface area contributed by atoms with E-state index in [0.29, 0.717) is 17.2 Å². The standard InChI is InChI=1S/C9H10N2O2.ClH/c10-7-5-6-3-1-2-4-8(6)11(13)9(7)12;/h1-4,7,13H,5,10H2;1H. The molecule has 5 heteroatoms. The van der Waals surface area contributed by atoms with Crippen LogP contribution in [0.25, 0.3) is 0 Å². The molecule has 0 saturated heterocycles. The van der Waals surface area contributed by atoms with Crippen LogP contribution >= 0.6 is 12.4 Å². The molecule has 76 valence electrons. The Hall–Kier alpha value is -1.10. The number of nitrogens with zero attached hydrogens (tertiary/aromatic N) is 1. The molecule has 1 aromatic carbocycles. The molecule has 0 aromatic heterocycles. The van der Waals surface area contributed by atoms with Crippen LogP contribution in [-0.2, 0) is 11.2 Å². The van der Waals surface area contributed by atoms with Crippen molar-refractivity contribution in [2.45, 2.75) is 12.5 Å². The number of carbonyl (C=O) groups is 1. The zero-order chi connectivity index (χ0) is 9.42. The first-order chi connectivity index (χ1) is 6.20. The average molecular weight is 215 g/mol. The lowest BCUT2D eigenvalue weighted by molar-refractivity contribution is -0.125. The minimum Gasteiger partial charge on any atom is -0.320 e. The third kappa shape index (κ3) is 1.59. The number of anilines is 1. The monoisotopic (exact) mass is 214 g/mol. The van der Waals surface area contributed by atoms with Crippen LogP contribution in [-0.4, -0.2) is 17.2 Å². The third-order valence-electron chi connectivity index (χ3n) is 2.19. The predicted octanol–water partition coefficient (Wildman–Crippen LogP) is 0.714. The lowest BCUT2D eigenvalue weighted by Crippen LogP contribution is -2.47. The Labute approximate surface area is 87.7 Å². The van der Waals surface area contributed by atoms with Gasteiger partial charge in [0.15, 0.2) is 0 Å². The number of hydrogen-bond acceptors (Lipinski definition) is 3. The van der Waals surface area contributed by atoms with Gasteiger partial charge in [0.05, 0.1) is 11.7 Å². The van der Waals surface area contributed by atoms with E-state index < -0.39 is 11.9 Å². The second-order valence-corrected chi connectivity index (χ2v) is 3.09. The van der Waals surface area contributed by atoms with Crippen molar-refractivity contribution in [1.82, 2.24) is 0 Å². The SMILES string of the molecule is Cl.NC1Cc2ccccc2N(O)C1=O. The zero-order valence-corrected chi connectivity index (χ0v) is 8.20. The molecule has 14 heavy (non-hydrogen) atoms. The molecule has 1 aromatic rings. The molecule has 0 spiro atoms. The molecule has 0 bridgehead atoms. The van der Waals surface area contributed by atoms with Crippen LogP contribution in [0.2, 0.25) is 0 Å². The number of fused-ring (bicyclic) bond motifs is 1. The van der Waals surface area contributed by atoms with Crippen molar-refractivity contribution in [3.8, 4) is 0 Å². The smallest absolute Gasteiger partial charge is 0.267 e. The van der Waals surface area contributed by atoms with E-state index in [-0.39, 0.29) is 12.4 Å². The maximum absolute atomic E-state index is 11.2. The number of nitrogens with two attached hydrogens (primary N) is 1. The first kappa shape index (κ1) is 11.0. The Kier molecular flexibility index (Phi) is 3.10. The Morgan fingerprint density at radius 2 is 2.07 bits per heavy atom. The first-order valence-electron chi connectivity index (χ1n) is 4.06. The number of hydroxylamine groups is 1. The van der Waals surface area contributed by atoms with Gasteiger partial charge in [-0.2, -0.15) is 5.06 Å². The van der Waals surface area contributed by atoms with Gasteiger partial charge in [0.1, 0.15) is 0 Å². The van der Waals surface area contributed by atoms with Crippen LogP contribution in [0.15, 0.2) is 24.3 Å². The van der Waals surface area contributed by atoms with Crippen LogP contribution in [0.4, 0.5) is 5.69 Å². The quantitative estimate of drug-likeness (QED) is 0.626. The van der Waals surface area contributed by atoms with E-state index in [1.54, 1.807) is 12.1 Å². The van der Waals surface area contributed by atoms with Crippen LogP contribution in [0.3, 0.4) is 0 Å². The Morgan fingerprint density at radius 3 is 2.79 bits per heavy atom. The van der Waals surface area contributed by atoms with E-state index in [0.717, 1.165) is 5.56 Å². The van der Waals surface area contributed by atoms with Gasteiger partial charge in [-0.3, -0.25) is 10.0 Å². The van der Waals surface area contributed by atoms with Gasteiger partial charge in [-0.25, -0.2) is 0 Å². The number of amides is 1. The Balaban J connectivity index is 0.000000980. The molecule has 0 fully saturated rings. The highest BCUT2D eigenvalue weighted by Gasteiger charge is 2.28. The molecule has 1 heterocycles. The molecular weight excluding hydrogens is 204 g/mol. The van der Waals surface area contributed by atoms with Crippen molar-refractivity contribution in [2.24, 2.45) is 5.73 Å². The van der Waals surface area contributed by atoms with E-state index in [4.69, 9.17) is 5.73 Å². The first-order valence-corrected chi connectivity index (χ1v) is 4.06. The summed E-state index contributed by atoms with van der Waals surface area (Å²) < 4.78 is 0. The lowest BCUT2D eigenvalue weighted by atomic mass is 9.99. The summed E-state index contributed by atoms with van der Waals surface area (Å²) in [6.45, 7) is 0. The van der Waals surface area contributed by atoms with E-state index in [2.05, 4.69) is 0 Å². The number of carbonyl (C=O) groups excluding carboxylic acids is 1. The highest BCUT2D eigenvalue weighted by atomic mass is 35.5. The van der Waals surface area contributed by atoms with Gasteiger partial charge in [0, 0.05) is 0 Å². The van der Waals surface area contributed by atoms with E-state index in [9.17, 15) is 10.0 Å². The molecule has 1 unspecified atom stereocenters. The number of hydrogen-bond donors (Lipinski definition) is 2. The predicted molar refractivity (Wildman–Crippen MR) is 54.6 cm³/mol. The average Bonchev–Trinajstić information content (AvgIpc) is 2.15. The second-order valence-electron chi connectivity index (χ2n) is 3.09. The maximum Gasteiger partial charge on any atom is 0.267 e. The van der Waals surface area contributed by atoms with Gasteiger partial charge in [0.25, 0.3) is 5.91 Å². The highest BCUT2D eigenvalue weighted by molar-refractivity contribution is 5.97. The van der Waals surface area contributed by atoms with Crippen molar-refractivity contribution in [1.29, 1.82) is 0 Å². The van der Waals surface area contributed by atoms with Gasteiger partial charge < -0.3 is 5.73 Å². The number of rotatable bonds is 0. The minimum absolute atomic E-state index is 0. The van der Waals surface area contributed by atoms with Crippen molar-refractivity contribution in [3.05, 3.63) is 29.8 Å². The largest absolute Gasteiger partial charge is 0.320 e. The molecule has 4 nitrogen and oxygen atoms in total. The topological polar surface area (TPSA) is 66.6 Å². The van der Waals surface area contributed by atoms with E-state index in [1.165, 1.54) is 0 Å². The fraction of sp³-hybridized carbons (Fsp3) is 0.222. The van der Waals surface area contributed by atoms with Crippen molar-refractivity contribution in [2.75, 3.05) is 5.06 Å². The lowest BCUT2D eigenvalue weighted by Gasteiger charge is -2.27. The summed E-state index contributed by atoms with van der Waals surface area (Å²) in [6.07, 6.45) is 0.492. The van der Waals surface area contributed by atoms with Crippen LogP contribution in [0.5, 0.6) is 0 Å². The molecule has 3 N–H and O–H groups in total. The van der Waals surface area contributed by atoms with Gasteiger partial charge >= 0.3 is 0 Å². The van der Waals surface area contributed by atoms with Crippen LogP contribution in [0.1, 0.15) is 5.56 Å². The number of para-hydroxylation sites is 1. The fourth-order valence-corrected chi connectivity index (χ4v) is 1.49. The van der Waals surface area contributed by atoms with Crippen LogP contribution in [0, 0.1) is 0 Å². The minimum atomic E-state index is -0.625. The fourth-order valence-electron chi connectivity index (χ4n) is 1.49.